The molecule has 13 heteroatoms. The fourth-order valence-corrected chi connectivity index (χ4v) is 3.53. The molecule has 0 bridgehead atoms. The summed E-state index contributed by atoms with van der Waals surface area (Å²) in [4.78, 5) is -1.48. The Kier molecular flexibility index (Phi) is 5.37. The van der Waals surface area contributed by atoms with Gasteiger partial charge < -0.3 is 4.52 Å². The summed E-state index contributed by atoms with van der Waals surface area (Å²) in [5, 5.41) is 8.16. The van der Waals surface area contributed by atoms with Gasteiger partial charge in [-0.05, 0) is 29.8 Å². The molecule has 2 aromatic carbocycles. The first-order valence-electron chi connectivity index (χ1n) is 7.35. The number of sulfonamides is 1. The molecular weight excluding hydrogens is 466 g/mol. The van der Waals surface area contributed by atoms with Gasteiger partial charge in [0.2, 0.25) is 15.8 Å². The quantitative estimate of drug-likeness (QED) is 0.526. The lowest BCUT2D eigenvalue weighted by atomic mass is 9.98. The number of rotatable bonds is 3. The van der Waals surface area contributed by atoms with Crippen LogP contribution in [0.1, 0.15) is 5.76 Å². The van der Waals surface area contributed by atoms with Gasteiger partial charge in [0, 0.05) is 5.56 Å². The molecule has 2 N–H and O–H groups in total. The molecule has 29 heavy (non-hydrogen) atoms. The van der Waals surface area contributed by atoms with Gasteiger partial charge in [-0.25, -0.2) is 22.3 Å². The average Bonchev–Trinajstić information content (AvgIpc) is 3.00. The maximum Gasteiger partial charge on any atom is 0.453 e. The van der Waals surface area contributed by atoms with Gasteiger partial charge >= 0.3 is 6.18 Å². The first-order chi connectivity index (χ1) is 13.3. The van der Waals surface area contributed by atoms with E-state index in [1.165, 1.54) is 18.2 Å². The molecule has 0 amide bonds. The third-order valence-electron chi connectivity index (χ3n) is 3.71. The maximum absolute atomic E-state index is 14.2. The number of primary sulfonamides is 1. The van der Waals surface area contributed by atoms with Crippen LogP contribution in [0.25, 0.3) is 22.4 Å². The van der Waals surface area contributed by atoms with Crippen LogP contribution in [0.3, 0.4) is 0 Å². The summed E-state index contributed by atoms with van der Waals surface area (Å²) in [6.45, 7) is 0. The molecule has 5 nitrogen and oxygen atoms in total. The molecule has 0 saturated carbocycles. The van der Waals surface area contributed by atoms with Crippen molar-refractivity contribution in [1.29, 1.82) is 0 Å². The molecule has 0 aliphatic carbocycles. The summed E-state index contributed by atoms with van der Waals surface area (Å²) in [7, 11) is -4.80. The van der Waals surface area contributed by atoms with Crippen LogP contribution in [-0.4, -0.2) is 13.6 Å². The smallest absolute Gasteiger partial charge is 0.350 e. The Morgan fingerprint density at radius 2 is 1.55 bits per heavy atom. The first-order valence-corrected chi connectivity index (χ1v) is 9.65. The molecule has 3 rings (SSSR count). The van der Waals surface area contributed by atoms with Gasteiger partial charge in [-0.15, -0.1) is 0 Å². The van der Waals surface area contributed by atoms with Gasteiger partial charge in [0.15, 0.2) is 4.90 Å². The zero-order valence-corrected chi connectivity index (χ0v) is 16.0. The fraction of sp³-hybridized carbons (Fsp3) is 0.0625. The minimum absolute atomic E-state index is 0.00462. The summed E-state index contributed by atoms with van der Waals surface area (Å²) in [6, 6.07) is 4.48. The Labute approximate surface area is 169 Å². The van der Waals surface area contributed by atoms with Crippen LogP contribution < -0.4 is 5.14 Å². The van der Waals surface area contributed by atoms with Crippen molar-refractivity contribution in [2.45, 2.75) is 11.1 Å². The van der Waals surface area contributed by atoms with E-state index < -0.39 is 55.3 Å². The van der Waals surface area contributed by atoms with Crippen LogP contribution in [0, 0.1) is 11.6 Å². The number of hydrogen-bond donors (Lipinski definition) is 1. The van der Waals surface area contributed by atoms with Gasteiger partial charge in [-0.2, -0.15) is 13.2 Å². The van der Waals surface area contributed by atoms with Gasteiger partial charge in [0.25, 0.3) is 0 Å². The number of nitrogens with zero attached hydrogens (tertiary/aromatic N) is 1. The number of hydrogen-bond acceptors (Lipinski definition) is 4. The number of benzene rings is 2. The highest BCUT2D eigenvalue weighted by Gasteiger charge is 2.41. The molecule has 0 atom stereocenters. The zero-order valence-electron chi connectivity index (χ0n) is 13.7. The lowest BCUT2D eigenvalue weighted by molar-refractivity contribution is -0.154. The van der Waals surface area contributed by atoms with Gasteiger partial charge in [0.1, 0.15) is 17.3 Å². The number of halogens is 7. The van der Waals surface area contributed by atoms with Crippen LogP contribution in [0.15, 0.2) is 39.8 Å². The zero-order chi connectivity index (χ0) is 21.7. The van der Waals surface area contributed by atoms with E-state index in [1.54, 1.807) is 0 Å². The SMILES string of the molecule is NS(=O)(=O)c1c(F)cc(-c2c(-c3ccc(Cl)c(Cl)c3)noc2C(F)(F)F)cc1F. The van der Waals surface area contributed by atoms with Crippen molar-refractivity contribution in [3.63, 3.8) is 0 Å². The topological polar surface area (TPSA) is 86.2 Å². The molecule has 1 aromatic heterocycles. The molecule has 3 aromatic rings. The van der Waals surface area contributed by atoms with Crippen molar-refractivity contribution < 1.29 is 34.9 Å². The normalized spacial score (nSPS) is 12.4. The van der Waals surface area contributed by atoms with Crippen LogP contribution in [0.5, 0.6) is 0 Å². The first kappa shape index (κ1) is 21.5. The van der Waals surface area contributed by atoms with E-state index in [9.17, 15) is 30.4 Å². The molecule has 0 aliphatic heterocycles. The van der Waals surface area contributed by atoms with Crippen molar-refractivity contribution >= 4 is 33.2 Å². The van der Waals surface area contributed by atoms with Gasteiger partial charge in [-0.3, -0.25) is 0 Å². The van der Waals surface area contributed by atoms with Crippen LogP contribution in [-0.2, 0) is 16.2 Å². The van der Waals surface area contributed by atoms with E-state index in [-0.39, 0.29) is 15.6 Å². The maximum atomic E-state index is 14.2. The summed E-state index contributed by atoms with van der Waals surface area (Å²) >= 11 is 11.6. The largest absolute Gasteiger partial charge is 0.453 e. The Hall–Kier alpha value is -2.21. The monoisotopic (exact) mass is 472 g/mol. The van der Waals surface area contributed by atoms with Crippen molar-refractivity contribution in [2.75, 3.05) is 0 Å². The molecule has 154 valence electrons. The molecule has 0 saturated heterocycles. The summed E-state index contributed by atoms with van der Waals surface area (Å²) in [5.74, 6) is -5.02. The van der Waals surface area contributed by atoms with E-state index >= 15 is 0 Å². The lowest BCUT2D eigenvalue weighted by Gasteiger charge is -2.10. The van der Waals surface area contributed by atoms with Crippen molar-refractivity contribution in [3.8, 4) is 22.4 Å². The highest BCUT2D eigenvalue weighted by molar-refractivity contribution is 7.89. The van der Waals surface area contributed by atoms with Crippen molar-refractivity contribution in [3.05, 3.63) is 57.8 Å². The number of alkyl halides is 3. The summed E-state index contributed by atoms with van der Waals surface area (Å²) < 4.78 is 95.6. The average molecular weight is 473 g/mol. The predicted molar refractivity (Wildman–Crippen MR) is 93.7 cm³/mol. The molecule has 0 aliphatic rings. The Bertz CT molecular complexity index is 1200. The second-order valence-corrected chi connectivity index (χ2v) is 7.99. The number of aromatic nitrogens is 1. The molecule has 1 heterocycles. The second-order valence-electron chi connectivity index (χ2n) is 5.68. The van der Waals surface area contributed by atoms with E-state index in [4.69, 9.17) is 28.3 Å². The molecule has 0 radical (unpaired) electrons. The highest BCUT2D eigenvalue weighted by atomic mass is 35.5. The Morgan fingerprint density at radius 1 is 0.966 bits per heavy atom. The van der Waals surface area contributed by atoms with Crippen LogP contribution >= 0.6 is 23.2 Å². The predicted octanol–water partition coefficient (Wildman–Crippen LogP) is 5.26. The Morgan fingerprint density at radius 3 is 2.03 bits per heavy atom. The summed E-state index contributed by atoms with van der Waals surface area (Å²) in [5.41, 5.74) is -1.94. The lowest BCUT2D eigenvalue weighted by Crippen LogP contribution is -2.16. The standard InChI is InChI=1S/C16H7Cl2F5N2O3S/c17-8-2-1-6(3-9(8)18)13-12(15(28-25-13)16(21,22)23)7-4-10(19)14(11(20)5-7)29(24,26)27/h1-5H,(H2,24,26,27). The van der Waals surface area contributed by atoms with Crippen molar-refractivity contribution in [1.82, 2.24) is 5.16 Å². The highest BCUT2D eigenvalue weighted by Crippen LogP contribution is 2.44. The number of nitrogens with two attached hydrogens (primary N) is 1. The minimum Gasteiger partial charge on any atom is -0.350 e. The third-order valence-corrected chi connectivity index (χ3v) is 5.41. The van der Waals surface area contributed by atoms with E-state index in [0.29, 0.717) is 12.1 Å². The summed E-state index contributed by atoms with van der Waals surface area (Å²) in [6.07, 6.45) is -5.08. The van der Waals surface area contributed by atoms with Crippen LogP contribution in [0.4, 0.5) is 22.0 Å². The third kappa shape index (κ3) is 4.08. The molecule has 0 spiro atoms. The van der Waals surface area contributed by atoms with E-state index in [1.807, 2.05) is 0 Å². The van der Waals surface area contributed by atoms with Crippen molar-refractivity contribution in [2.24, 2.45) is 5.14 Å². The van der Waals surface area contributed by atoms with Gasteiger partial charge in [-0.1, -0.05) is 34.4 Å². The molecule has 0 unspecified atom stereocenters. The second kappa shape index (κ2) is 7.24. The van der Waals surface area contributed by atoms with E-state index in [2.05, 4.69) is 9.68 Å². The van der Waals surface area contributed by atoms with Gasteiger partial charge in [0.05, 0.1) is 15.6 Å². The molecule has 0 fully saturated rings. The van der Waals surface area contributed by atoms with Crippen LogP contribution in [0.2, 0.25) is 10.0 Å². The molecular formula is C16H7Cl2F5N2O3S. The minimum atomic E-state index is -5.08. The fourth-order valence-electron chi connectivity index (χ4n) is 2.57. The Balaban J connectivity index is 2.34. The van der Waals surface area contributed by atoms with E-state index in [0.717, 1.165) is 0 Å².